The molecule has 5 heteroatoms. The number of likely N-dealkylation sites (N-methyl/N-ethyl adjacent to an activating group) is 1. The average molecular weight is 430 g/mol. The number of aliphatic imine (C=N–C) groups is 1. The van der Waals surface area contributed by atoms with Crippen LogP contribution >= 0.6 is 24.0 Å². The summed E-state index contributed by atoms with van der Waals surface area (Å²) in [6.07, 6.45) is 7.80. The van der Waals surface area contributed by atoms with Gasteiger partial charge >= 0.3 is 0 Å². The zero-order valence-corrected chi connectivity index (χ0v) is 16.5. The van der Waals surface area contributed by atoms with Crippen LogP contribution in [-0.2, 0) is 6.42 Å². The number of nitrogens with one attached hydrogen (secondary N) is 1. The highest BCUT2D eigenvalue weighted by atomic mass is 127. The Kier molecular flexibility index (Phi) is 10.3. The van der Waals surface area contributed by atoms with E-state index >= 15 is 0 Å². The van der Waals surface area contributed by atoms with Gasteiger partial charge in [-0.05, 0) is 31.9 Å². The van der Waals surface area contributed by atoms with Crippen molar-refractivity contribution >= 4 is 29.9 Å². The number of hydrogen-bond acceptors (Lipinski definition) is 2. The van der Waals surface area contributed by atoms with E-state index in [0.717, 1.165) is 32.1 Å². The molecule has 0 heterocycles. The molecule has 1 aliphatic carbocycles. The Morgan fingerprint density at radius 3 is 2.61 bits per heavy atom. The van der Waals surface area contributed by atoms with Gasteiger partial charge in [0.15, 0.2) is 5.96 Å². The van der Waals surface area contributed by atoms with Crippen LogP contribution in [0.4, 0.5) is 0 Å². The summed E-state index contributed by atoms with van der Waals surface area (Å²) >= 11 is 0. The largest absolute Gasteiger partial charge is 0.370 e. The minimum atomic E-state index is 0. The van der Waals surface area contributed by atoms with E-state index < -0.39 is 0 Å². The highest BCUT2D eigenvalue weighted by Crippen LogP contribution is 2.21. The van der Waals surface area contributed by atoms with Gasteiger partial charge in [-0.3, -0.25) is 4.99 Å². The molecule has 0 atom stereocenters. The topological polar surface area (TPSA) is 53.6 Å². The molecule has 0 unspecified atom stereocenters. The number of halogens is 1. The first-order valence-corrected chi connectivity index (χ1v) is 8.53. The van der Waals surface area contributed by atoms with Crippen LogP contribution in [-0.4, -0.2) is 43.6 Å². The van der Waals surface area contributed by atoms with Crippen LogP contribution in [0.15, 0.2) is 35.3 Å². The summed E-state index contributed by atoms with van der Waals surface area (Å²) in [6.45, 7) is 2.60. The molecule has 0 saturated heterocycles. The van der Waals surface area contributed by atoms with E-state index in [1.54, 1.807) is 0 Å². The number of nitrogens with zero attached hydrogens (tertiary/aromatic N) is 2. The number of hydrogen-bond donors (Lipinski definition) is 2. The van der Waals surface area contributed by atoms with Crippen LogP contribution in [0, 0.1) is 0 Å². The van der Waals surface area contributed by atoms with Crippen LogP contribution in [0.1, 0.15) is 37.7 Å². The molecule has 130 valence electrons. The SMILES string of the molecule is CN(CCN=C(N)NCCc1ccccc1)C1CCCCC1.I. The van der Waals surface area contributed by atoms with E-state index in [1.165, 1.54) is 37.7 Å². The van der Waals surface area contributed by atoms with Crippen molar-refractivity contribution in [3.05, 3.63) is 35.9 Å². The van der Waals surface area contributed by atoms with Gasteiger partial charge in [-0.25, -0.2) is 0 Å². The van der Waals surface area contributed by atoms with Crippen LogP contribution in [0.3, 0.4) is 0 Å². The zero-order valence-electron chi connectivity index (χ0n) is 14.2. The molecule has 3 N–H and O–H groups in total. The average Bonchev–Trinajstić information content (AvgIpc) is 2.56. The fraction of sp³-hybridized carbons (Fsp3) is 0.611. The fourth-order valence-corrected chi connectivity index (χ4v) is 3.07. The summed E-state index contributed by atoms with van der Waals surface area (Å²) in [5, 5.41) is 3.19. The van der Waals surface area contributed by atoms with Crippen molar-refractivity contribution in [1.29, 1.82) is 0 Å². The van der Waals surface area contributed by atoms with E-state index in [2.05, 4.69) is 46.5 Å². The molecule has 0 radical (unpaired) electrons. The zero-order chi connectivity index (χ0) is 15.6. The van der Waals surface area contributed by atoms with Gasteiger partial charge in [0.1, 0.15) is 0 Å². The van der Waals surface area contributed by atoms with Crippen molar-refractivity contribution < 1.29 is 0 Å². The summed E-state index contributed by atoms with van der Waals surface area (Å²) in [6, 6.07) is 11.2. The smallest absolute Gasteiger partial charge is 0.188 e. The van der Waals surface area contributed by atoms with Crippen molar-refractivity contribution in [2.75, 3.05) is 26.7 Å². The molecule has 1 aromatic rings. The molecular formula is C18H31IN4. The van der Waals surface area contributed by atoms with E-state index in [0.29, 0.717) is 5.96 Å². The third-order valence-corrected chi connectivity index (χ3v) is 4.50. The summed E-state index contributed by atoms with van der Waals surface area (Å²) in [4.78, 5) is 6.88. The Hall–Kier alpha value is -0.820. The Labute approximate surface area is 157 Å². The maximum absolute atomic E-state index is 5.92. The quantitative estimate of drug-likeness (QED) is 0.397. The van der Waals surface area contributed by atoms with Gasteiger partial charge in [0.25, 0.3) is 0 Å². The summed E-state index contributed by atoms with van der Waals surface area (Å²) in [5.74, 6) is 0.563. The molecule has 0 aliphatic heterocycles. The lowest BCUT2D eigenvalue weighted by Gasteiger charge is -2.30. The highest BCUT2D eigenvalue weighted by molar-refractivity contribution is 14.0. The predicted molar refractivity (Wildman–Crippen MR) is 110 cm³/mol. The van der Waals surface area contributed by atoms with Gasteiger partial charge in [0, 0.05) is 19.1 Å². The van der Waals surface area contributed by atoms with Gasteiger partial charge in [-0.2, -0.15) is 0 Å². The minimum absolute atomic E-state index is 0. The lowest BCUT2D eigenvalue weighted by atomic mass is 9.94. The molecule has 23 heavy (non-hydrogen) atoms. The number of rotatable bonds is 7. The van der Waals surface area contributed by atoms with Crippen molar-refractivity contribution in [1.82, 2.24) is 10.2 Å². The number of nitrogens with two attached hydrogens (primary N) is 1. The van der Waals surface area contributed by atoms with E-state index in [1.807, 2.05) is 6.07 Å². The van der Waals surface area contributed by atoms with Gasteiger partial charge in [0.05, 0.1) is 6.54 Å². The molecule has 1 aliphatic rings. The maximum atomic E-state index is 5.92. The van der Waals surface area contributed by atoms with Gasteiger partial charge in [-0.15, -0.1) is 24.0 Å². The molecule has 1 fully saturated rings. The van der Waals surface area contributed by atoms with Gasteiger partial charge in [-0.1, -0.05) is 49.6 Å². The number of guanidine groups is 1. The Morgan fingerprint density at radius 1 is 1.22 bits per heavy atom. The summed E-state index contributed by atoms with van der Waals surface area (Å²) in [7, 11) is 2.21. The van der Waals surface area contributed by atoms with Crippen molar-refractivity contribution in [3.63, 3.8) is 0 Å². The Balaban J connectivity index is 0.00000264. The second-order valence-corrected chi connectivity index (χ2v) is 6.20. The third-order valence-electron chi connectivity index (χ3n) is 4.50. The molecular weight excluding hydrogens is 399 g/mol. The third kappa shape index (κ3) is 8.01. The van der Waals surface area contributed by atoms with Crippen LogP contribution in [0.2, 0.25) is 0 Å². The summed E-state index contributed by atoms with van der Waals surface area (Å²) < 4.78 is 0. The van der Waals surface area contributed by atoms with E-state index in [9.17, 15) is 0 Å². The normalized spacial score (nSPS) is 16.2. The van der Waals surface area contributed by atoms with Gasteiger partial charge in [0.2, 0.25) is 0 Å². The first kappa shape index (κ1) is 20.2. The van der Waals surface area contributed by atoms with Crippen LogP contribution < -0.4 is 11.1 Å². The lowest BCUT2D eigenvalue weighted by Crippen LogP contribution is -2.37. The standard InChI is InChI=1S/C18H30N4.HI/c1-22(17-10-6-3-7-11-17)15-14-21-18(19)20-13-12-16-8-4-2-5-9-16;/h2,4-5,8-9,17H,3,6-7,10-15H2,1H3,(H3,19,20,21);1H. The van der Waals surface area contributed by atoms with Crippen LogP contribution in [0.25, 0.3) is 0 Å². The second-order valence-electron chi connectivity index (χ2n) is 6.20. The van der Waals surface area contributed by atoms with E-state index in [4.69, 9.17) is 5.73 Å². The predicted octanol–water partition coefficient (Wildman–Crippen LogP) is 3.02. The number of benzene rings is 1. The summed E-state index contributed by atoms with van der Waals surface area (Å²) in [5.41, 5.74) is 7.24. The van der Waals surface area contributed by atoms with Crippen LogP contribution in [0.5, 0.6) is 0 Å². The minimum Gasteiger partial charge on any atom is -0.370 e. The molecule has 4 nitrogen and oxygen atoms in total. The second kappa shape index (κ2) is 11.7. The lowest BCUT2D eigenvalue weighted by molar-refractivity contribution is 0.196. The first-order chi connectivity index (χ1) is 10.8. The molecule has 0 spiro atoms. The molecule has 1 saturated carbocycles. The highest BCUT2D eigenvalue weighted by Gasteiger charge is 2.17. The monoisotopic (exact) mass is 430 g/mol. The van der Waals surface area contributed by atoms with Crippen molar-refractivity contribution in [3.8, 4) is 0 Å². The first-order valence-electron chi connectivity index (χ1n) is 8.53. The molecule has 0 bridgehead atoms. The molecule has 0 aromatic heterocycles. The molecule has 1 aromatic carbocycles. The van der Waals surface area contributed by atoms with E-state index in [-0.39, 0.29) is 24.0 Å². The fourth-order valence-electron chi connectivity index (χ4n) is 3.07. The Morgan fingerprint density at radius 2 is 1.91 bits per heavy atom. The molecule has 0 amide bonds. The van der Waals surface area contributed by atoms with Crippen molar-refractivity contribution in [2.45, 2.75) is 44.6 Å². The Bertz CT molecular complexity index is 444. The maximum Gasteiger partial charge on any atom is 0.188 e. The van der Waals surface area contributed by atoms with Crippen molar-refractivity contribution in [2.24, 2.45) is 10.7 Å². The molecule has 2 rings (SSSR count). The van der Waals surface area contributed by atoms with Gasteiger partial charge < -0.3 is 16.0 Å².